The van der Waals surface area contributed by atoms with Gasteiger partial charge in [-0.2, -0.15) is 4.98 Å². The van der Waals surface area contributed by atoms with Crippen LogP contribution in [-0.4, -0.2) is 21.1 Å². The Kier molecular flexibility index (Phi) is 3.42. The third kappa shape index (κ3) is 2.40. The van der Waals surface area contributed by atoms with Gasteiger partial charge in [0.25, 0.3) is 0 Å². The van der Waals surface area contributed by atoms with Gasteiger partial charge >= 0.3 is 11.1 Å². The molecule has 0 saturated heterocycles. The van der Waals surface area contributed by atoms with Crippen molar-refractivity contribution in [2.45, 2.75) is 10.1 Å². The molecular formula is C11H9N3O3S. The van der Waals surface area contributed by atoms with E-state index in [9.17, 15) is 14.4 Å². The molecule has 6 nitrogen and oxygen atoms in total. The number of hydrogen-bond acceptors (Lipinski definition) is 5. The number of nitrogens with zero attached hydrogens (tertiary/aromatic N) is 2. The Bertz CT molecular complexity index is 705. The predicted molar refractivity (Wildman–Crippen MR) is 66.1 cm³/mol. The van der Waals surface area contributed by atoms with Crippen molar-refractivity contribution in [3.8, 4) is 0 Å². The van der Waals surface area contributed by atoms with E-state index in [0.29, 0.717) is 15.6 Å². The summed E-state index contributed by atoms with van der Waals surface area (Å²) in [6, 6.07) is 6.93. The van der Waals surface area contributed by atoms with E-state index in [1.54, 1.807) is 31.3 Å². The molecule has 2 rings (SSSR count). The fraction of sp³-hybridized carbons (Fsp3) is 0.0909. The van der Waals surface area contributed by atoms with Gasteiger partial charge in [-0.25, -0.2) is 0 Å². The van der Waals surface area contributed by atoms with Crippen LogP contribution < -0.4 is 11.1 Å². The molecule has 0 saturated carbocycles. The Labute approximate surface area is 106 Å². The van der Waals surface area contributed by atoms with Gasteiger partial charge in [-0.1, -0.05) is 18.2 Å². The lowest BCUT2D eigenvalue weighted by molar-refractivity contribution is 0.112. The number of H-pyrrole nitrogens is 1. The van der Waals surface area contributed by atoms with E-state index in [0.717, 1.165) is 18.0 Å². The molecule has 0 aliphatic carbocycles. The van der Waals surface area contributed by atoms with Gasteiger partial charge in [-0.3, -0.25) is 24.2 Å². The van der Waals surface area contributed by atoms with E-state index < -0.39 is 11.1 Å². The average molecular weight is 263 g/mol. The van der Waals surface area contributed by atoms with E-state index in [1.807, 2.05) is 0 Å². The zero-order valence-electron chi connectivity index (χ0n) is 9.41. The number of aromatic nitrogens is 3. The van der Waals surface area contributed by atoms with Gasteiger partial charge in [0.2, 0.25) is 0 Å². The van der Waals surface area contributed by atoms with Gasteiger partial charge in [-0.15, -0.1) is 0 Å². The van der Waals surface area contributed by atoms with Crippen molar-refractivity contribution >= 4 is 18.0 Å². The number of hydrogen-bond donors (Lipinski definition) is 1. The molecule has 92 valence electrons. The first kappa shape index (κ1) is 12.3. The minimum Gasteiger partial charge on any atom is -0.298 e. The van der Waals surface area contributed by atoms with Crippen LogP contribution in [0, 0.1) is 0 Å². The Morgan fingerprint density at radius 1 is 1.33 bits per heavy atom. The number of aromatic amines is 1. The molecule has 1 aromatic heterocycles. The first-order valence-electron chi connectivity index (χ1n) is 5.01. The van der Waals surface area contributed by atoms with Crippen LogP contribution in [0.3, 0.4) is 0 Å². The summed E-state index contributed by atoms with van der Waals surface area (Å²) < 4.78 is 1.34. The zero-order valence-corrected chi connectivity index (χ0v) is 10.2. The summed E-state index contributed by atoms with van der Waals surface area (Å²) in [7, 11) is 1.57. The summed E-state index contributed by atoms with van der Waals surface area (Å²) in [6.07, 6.45) is 0.728. The molecule has 0 spiro atoms. The number of nitrogens with one attached hydrogen (secondary N) is 1. The van der Waals surface area contributed by atoms with Crippen LogP contribution in [-0.2, 0) is 7.05 Å². The number of aryl methyl sites for hydroxylation is 1. The van der Waals surface area contributed by atoms with Crippen LogP contribution in [0.4, 0.5) is 0 Å². The fourth-order valence-electron chi connectivity index (χ4n) is 1.32. The first-order valence-corrected chi connectivity index (χ1v) is 5.83. The topological polar surface area (TPSA) is 84.8 Å². The maximum absolute atomic E-state index is 11.2. The standard InChI is InChI=1S/C11H9N3O3S/c1-14-11(12-9(16)10(17)13-14)18-8-5-3-2-4-7(8)6-15/h2-6H,1H3,(H,13,17). The highest BCUT2D eigenvalue weighted by molar-refractivity contribution is 7.99. The quantitative estimate of drug-likeness (QED) is 0.641. The highest BCUT2D eigenvalue weighted by Crippen LogP contribution is 2.26. The van der Waals surface area contributed by atoms with Crippen molar-refractivity contribution in [3.63, 3.8) is 0 Å². The second-order valence-corrected chi connectivity index (χ2v) is 4.47. The van der Waals surface area contributed by atoms with E-state index in [1.165, 1.54) is 4.68 Å². The summed E-state index contributed by atoms with van der Waals surface area (Å²) in [5, 5.41) is 2.66. The van der Waals surface area contributed by atoms with Gasteiger partial charge in [0.1, 0.15) is 0 Å². The molecule has 1 N–H and O–H groups in total. The third-order valence-electron chi connectivity index (χ3n) is 2.19. The van der Waals surface area contributed by atoms with Crippen molar-refractivity contribution in [1.29, 1.82) is 0 Å². The molecule has 0 aliphatic rings. The molecule has 0 bridgehead atoms. The number of rotatable bonds is 3. The number of benzene rings is 1. The lowest BCUT2D eigenvalue weighted by atomic mass is 10.2. The maximum Gasteiger partial charge on any atom is 0.339 e. The zero-order chi connectivity index (χ0) is 13.1. The first-order chi connectivity index (χ1) is 8.61. The second-order valence-electron chi connectivity index (χ2n) is 3.46. The van der Waals surface area contributed by atoms with Gasteiger partial charge in [0.15, 0.2) is 11.4 Å². The third-order valence-corrected chi connectivity index (χ3v) is 3.33. The van der Waals surface area contributed by atoms with Crippen LogP contribution in [0.25, 0.3) is 0 Å². The van der Waals surface area contributed by atoms with Crippen molar-refractivity contribution in [2.24, 2.45) is 7.05 Å². The normalized spacial score (nSPS) is 10.3. The molecule has 2 aromatic rings. The molecule has 0 fully saturated rings. The predicted octanol–water partition coefficient (Wildman–Crippen LogP) is 0.432. The molecule has 0 radical (unpaired) electrons. The van der Waals surface area contributed by atoms with Crippen molar-refractivity contribution < 1.29 is 4.79 Å². The number of carbonyl (C=O) groups excluding carboxylic acids is 1. The number of carbonyl (C=O) groups is 1. The Morgan fingerprint density at radius 3 is 2.78 bits per heavy atom. The molecular weight excluding hydrogens is 254 g/mol. The molecule has 7 heteroatoms. The van der Waals surface area contributed by atoms with Crippen molar-refractivity contribution in [2.75, 3.05) is 0 Å². The van der Waals surface area contributed by atoms with E-state index in [-0.39, 0.29) is 0 Å². The monoisotopic (exact) mass is 263 g/mol. The van der Waals surface area contributed by atoms with Gasteiger partial charge < -0.3 is 0 Å². The molecule has 1 heterocycles. The van der Waals surface area contributed by atoms with E-state index >= 15 is 0 Å². The summed E-state index contributed by atoms with van der Waals surface area (Å²) in [5.74, 6) is 0. The largest absolute Gasteiger partial charge is 0.339 e. The Hall–Kier alpha value is -2.15. The molecule has 0 amide bonds. The Morgan fingerprint density at radius 2 is 2.06 bits per heavy atom. The lowest BCUT2D eigenvalue weighted by Gasteiger charge is -2.06. The van der Waals surface area contributed by atoms with Crippen LogP contribution in [0.1, 0.15) is 10.4 Å². The summed E-state index contributed by atoms with van der Waals surface area (Å²) in [6.45, 7) is 0. The van der Waals surface area contributed by atoms with Crippen LogP contribution in [0.15, 0.2) is 43.9 Å². The maximum atomic E-state index is 11.2. The van der Waals surface area contributed by atoms with E-state index in [4.69, 9.17) is 0 Å². The highest BCUT2D eigenvalue weighted by Gasteiger charge is 2.08. The molecule has 0 aliphatic heterocycles. The Balaban J connectivity index is 2.46. The lowest BCUT2D eigenvalue weighted by Crippen LogP contribution is -2.33. The summed E-state index contributed by atoms with van der Waals surface area (Å²) in [5.41, 5.74) is -1.12. The molecule has 0 unspecified atom stereocenters. The fourth-order valence-corrected chi connectivity index (χ4v) is 2.21. The molecule has 1 aromatic carbocycles. The van der Waals surface area contributed by atoms with Crippen LogP contribution >= 0.6 is 11.8 Å². The SMILES string of the molecule is Cn1[nH]c(=O)c(=O)nc1Sc1ccccc1C=O. The molecule has 0 atom stereocenters. The minimum absolute atomic E-state index is 0.314. The average Bonchev–Trinajstić information content (AvgIpc) is 2.36. The number of aldehydes is 1. The van der Waals surface area contributed by atoms with Crippen molar-refractivity contribution in [3.05, 3.63) is 50.5 Å². The van der Waals surface area contributed by atoms with Gasteiger partial charge in [-0.05, 0) is 17.8 Å². The van der Waals surface area contributed by atoms with Crippen LogP contribution in [0.2, 0.25) is 0 Å². The van der Waals surface area contributed by atoms with Crippen molar-refractivity contribution in [1.82, 2.24) is 14.8 Å². The minimum atomic E-state index is -0.848. The van der Waals surface area contributed by atoms with Gasteiger partial charge in [0.05, 0.1) is 0 Å². The van der Waals surface area contributed by atoms with Gasteiger partial charge in [0, 0.05) is 17.5 Å². The second kappa shape index (κ2) is 5.01. The summed E-state index contributed by atoms with van der Waals surface area (Å²) in [4.78, 5) is 37.4. The van der Waals surface area contributed by atoms with Crippen LogP contribution in [0.5, 0.6) is 0 Å². The molecule has 18 heavy (non-hydrogen) atoms. The smallest absolute Gasteiger partial charge is 0.298 e. The van der Waals surface area contributed by atoms with E-state index in [2.05, 4.69) is 10.1 Å². The summed E-state index contributed by atoms with van der Waals surface area (Å²) >= 11 is 1.14. The highest BCUT2D eigenvalue weighted by atomic mass is 32.2.